The van der Waals surface area contributed by atoms with Crippen molar-refractivity contribution in [2.75, 3.05) is 5.33 Å². The van der Waals surface area contributed by atoms with Crippen molar-refractivity contribution in [3.63, 3.8) is 0 Å². The zero-order chi connectivity index (χ0) is 15.3. The minimum atomic E-state index is -0.463. The van der Waals surface area contributed by atoms with Gasteiger partial charge < -0.3 is 10.4 Å². The predicted octanol–water partition coefficient (Wildman–Crippen LogP) is 3.36. The molecule has 4 heteroatoms. The van der Waals surface area contributed by atoms with E-state index < -0.39 is 5.54 Å². The molecule has 0 heterocycles. The first-order chi connectivity index (χ1) is 10.0. The molecule has 0 aromatic heterocycles. The third kappa shape index (κ3) is 4.08. The van der Waals surface area contributed by atoms with Crippen LogP contribution in [0.5, 0.6) is 5.75 Å². The van der Waals surface area contributed by atoms with Crippen molar-refractivity contribution in [1.82, 2.24) is 5.32 Å². The molecule has 0 saturated carbocycles. The number of carbonyl (C=O) groups excluding carboxylic acids is 1. The minimum Gasteiger partial charge on any atom is -0.508 e. The lowest BCUT2D eigenvalue weighted by Crippen LogP contribution is -2.45. The Morgan fingerprint density at radius 3 is 2.52 bits per heavy atom. The van der Waals surface area contributed by atoms with Gasteiger partial charge in [-0.15, -0.1) is 0 Å². The number of phenolic OH excluding ortho intramolecular Hbond substituents is 1. The Morgan fingerprint density at radius 2 is 1.90 bits per heavy atom. The van der Waals surface area contributed by atoms with Crippen LogP contribution in [0.1, 0.15) is 18.1 Å². The van der Waals surface area contributed by atoms with Gasteiger partial charge in [0.15, 0.2) is 0 Å². The first kappa shape index (κ1) is 15.6. The van der Waals surface area contributed by atoms with Gasteiger partial charge in [0.2, 0.25) is 5.91 Å². The van der Waals surface area contributed by atoms with Crippen LogP contribution in [0.3, 0.4) is 0 Å². The Hall–Kier alpha value is -1.81. The number of hydrogen-bond acceptors (Lipinski definition) is 2. The Labute approximate surface area is 133 Å². The number of phenols is 1. The summed E-state index contributed by atoms with van der Waals surface area (Å²) in [6.07, 6.45) is 0.240. The molecule has 1 amide bonds. The Bertz CT molecular complexity index is 615. The van der Waals surface area contributed by atoms with Crippen molar-refractivity contribution in [1.29, 1.82) is 0 Å². The molecular formula is C17H18BrNO2. The average molecular weight is 348 g/mol. The fourth-order valence-corrected chi connectivity index (χ4v) is 2.66. The maximum Gasteiger partial charge on any atom is 0.225 e. The van der Waals surface area contributed by atoms with E-state index in [1.807, 2.05) is 43.3 Å². The third-order valence-corrected chi connectivity index (χ3v) is 4.49. The fraction of sp³-hybridized carbons (Fsp3) is 0.235. The monoisotopic (exact) mass is 347 g/mol. The second kappa shape index (κ2) is 6.76. The van der Waals surface area contributed by atoms with E-state index in [2.05, 4.69) is 21.2 Å². The number of hydrogen-bond donors (Lipinski definition) is 2. The van der Waals surface area contributed by atoms with E-state index in [9.17, 15) is 9.90 Å². The number of benzene rings is 2. The topological polar surface area (TPSA) is 49.3 Å². The van der Waals surface area contributed by atoms with Crippen molar-refractivity contribution in [3.05, 3.63) is 65.7 Å². The lowest BCUT2D eigenvalue weighted by Gasteiger charge is -2.29. The maximum absolute atomic E-state index is 12.3. The molecule has 0 aliphatic carbocycles. The van der Waals surface area contributed by atoms with Crippen molar-refractivity contribution in [3.8, 4) is 5.75 Å². The lowest BCUT2D eigenvalue weighted by atomic mass is 9.94. The maximum atomic E-state index is 12.3. The molecule has 0 spiro atoms. The van der Waals surface area contributed by atoms with Gasteiger partial charge in [0.1, 0.15) is 5.75 Å². The van der Waals surface area contributed by atoms with Crippen molar-refractivity contribution in [2.24, 2.45) is 0 Å². The summed E-state index contributed by atoms with van der Waals surface area (Å²) in [5, 5.41) is 13.1. The van der Waals surface area contributed by atoms with Crippen LogP contribution in [0.25, 0.3) is 0 Å². The lowest BCUT2D eigenvalue weighted by molar-refractivity contribution is -0.122. The first-order valence-electron chi connectivity index (χ1n) is 6.74. The van der Waals surface area contributed by atoms with Gasteiger partial charge in [0.25, 0.3) is 0 Å². The Kier molecular flexibility index (Phi) is 5.02. The zero-order valence-corrected chi connectivity index (χ0v) is 13.4. The number of amides is 1. The molecule has 21 heavy (non-hydrogen) atoms. The van der Waals surface area contributed by atoms with Gasteiger partial charge in [-0.05, 0) is 30.2 Å². The number of carbonyl (C=O) groups is 1. The molecule has 0 saturated heterocycles. The summed E-state index contributed by atoms with van der Waals surface area (Å²) in [5.41, 5.74) is 1.37. The molecule has 2 rings (SSSR count). The normalized spacial score (nSPS) is 13.4. The molecule has 0 aliphatic rings. The fourth-order valence-electron chi connectivity index (χ4n) is 2.19. The number of nitrogens with one attached hydrogen (secondary N) is 1. The van der Waals surface area contributed by atoms with E-state index in [1.165, 1.54) is 0 Å². The van der Waals surface area contributed by atoms with Crippen LogP contribution in [0, 0.1) is 0 Å². The highest BCUT2D eigenvalue weighted by atomic mass is 79.9. The molecule has 0 fully saturated rings. The van der Waals surface area contributed by atoms with Gasteiger partial charge in [-0.25, -0.2) is 0 Å². The average Bonchev–Trinajstić information content (AvgIpc) is 2.48. The summed E-state index contributed by atoms with van der Waals surface area (Å²) < 4.78 is 0. The molecule has 0 aliphatic heterocycles. The predicted molar refractivity (Wildman–Crippen MR) is 87.5 cm³/mol. The molecule has 2 N–H and O–H groups in total. The molecule has 2 aromatic carbocycles. The van der Waals surface area contributed by atoms with E-state index in [-0.39, 0.29) is 18.1 Å². The molecule has 2 aromatic rings. The number of rotatable bonds is 5. The first-order valence-corrected chi connectivity index (χ1v) is 7.86. The second-order valence-electron chi connectivity index (χ2n) is 5.23. The summed E-state index contributed by atoms with van der Waals surface area (Å²) in [4.78, 5) is 12.3. The second-order valence-corrected chi connectivity index (χ2v) is 5.79. The van der Waals surface area contributed by atoms with Crippen molar-refractivity contribution in [2.45, 2.75) is 18.9 Å². The SMILES string of the molecule is CC(CBr)(NC(=O)Cc1cccc(O)c1)c1ccccc1. The highest BCUT2D eigenvalue weighted by molar-refractivity contribution is 9.09. The van der Waals surface area contributed by atoms with Gasteiger partial charge >= 0.3 is 0 Å². The number of alkyl halides is 1. The molecule has 1 unspecified atom stereocenters. The van der Waals surface area contributed by atoms with Crippen LogP contribution >= 0.6 is 15.9 Å². The third-order valence-electron chi connectivity index (χ3n) is 3.37. The van der Waals surface area contributed by atoms with Crippen LogP contribution in [0.2, 0.25) is 0 Å². The van der Waals surface area contributed by atoms with E-state index in [1.54, 1.807) is 18.2 Å². The van der Waals surface area contributed by atoms with Crippen LogP contribution in [0.4, 0.5) is 0 Å². The van der Waals surface area contributed by atoms with E-state index in [0.29, 0.717) is 5.33 Å². The Morgan fingerprint density at radius 1 is 1.19 bits per heavy atom. The largest absolute Gasteiger partial charge is 0.508 e. The molecular weight excluding hydrogens is 330 g/mol. The van der Waals surface area contributed by atoms with Crippen LogP contribution < -0.4 is 5.32 Å². The summed E-state index contributed by atoms with van der Waals surface area (Å²) in [6.45, 7) is 1.98. The number of aromatic hydroxyl groups is 1. The molecule has 0 bridgehead atoms. The van der Waals surface area contributed by atoms with Crippen LogP contribution in [-0.4, -0.2) is 16.3 Å². The van der Waals surface area contributed by atoms with Gasteiger partial charge in [0.05, 0.1) is 12.0 Å². The van der Waals surface area contributed by atoms with Crippen molar-refractivity contribution >= 4 is 21.8 Å². The highest BCUT2D eigenvalue weighted by Gasteiger charge is 2.27. The van der Waals surface area contributed by atoms with Crippen molar-refractivity contribution < 1.29 is 9.90 Å². The molecule has 3 nitrogen and oxygen atoms in total. The van der Waals surface area contributed by atoms with E-state index in [0.717, 1.165) is 11.1 Å². The van der Waals surface area contributed by atoms with E-state index in [4.69, 9.17) is 0 Å². The minimum absolute atomic E-state index is 0.0774. The summed E-state index contributed by atoms with van der Waals surface area (Å²) in [7, 11) is 0. The molecule has 1 atom stereocenters. The highest BCUT2D eigenvalue weighted by Crippen LogP contribution is 2.23. The summed E-state index contributed by atoms with van der Waals surface area (Å²) >= 11 is 3.48. The van der Waals surface area contributed by atoms with Crippen LogP contribution in [-0.2, 0) is 16.8 Å². The van der Waals surface area contributed by atoms with Gasteiger partial charge in [-0.1, -0.05) is 58.4 Å². The summed E-state index contributed by atoms with van der Waals surface area (Å²) in [5.74, 6) is 0.0954. The quantitative estimate of drug-likeness (QED) is 0.814. The van der Waals surface area contributed by atoms with E-state index >= 15 is 0 Å². The molecule has 0 radical (unpaired) electrons. The van der Waals surface area contributed by atoms with Gasteiger partial charge in [0, 0.05) is 5.33 Å². The van der Waals surface area contributed by atoms with Gasteiger partial charge in [-0.3, -0.25) is 4.79 Å². The smallest absolute Gasteiger partial charge is 0.225 e. The number of halogens is 1. The Balaban J connectivity index is 2.10. The zero-order valence-electron chi connectivity index (χ0n) is 11.8. The summed E-state index contributed by atoms with van der Waals surface area (Å²) in [6, 6.07) is 16.6. The molecule has 110 valence electrons. The van der Waals surface area contributed by atoms with Crippen LogP contribution in [0.15, 0.2) is 54.6 Å². The standard InChI is InChI=1S/C17H18BrNO2/c1-17(12-18,14-7-3-2-4-8-14)19-16(21)11-13-6-5-9-15(20)10-13/h2-10,20H,11-12H2,1H3,(H,19,21). The van der Waals surface area contributed by atoms with Gasteiger partial charge in [-0.2, -0.15) is 0 Å².